The Morgan fingerprint density at radius 2 is 2.13 bits per heavy atom. The Hall–Kier alpha value is -2.37. The number of nitrogens with zero attached hydrogens (tertiary/aromatic N) is 1. The van der Waals surface area contributed by atoms with Gasteiger partial charge in [-0.2, -0.15) is 0 Å². The summed E-state index contributed by atoms with van der Waals surface area (Å²) in [5, 5.41) is 2.72. The summed E-state index contributed by atoms with van der Waals surface area (Å²) < 4.78 is 10.9. The Kier molecular flexibility index (Phi) is 4.73. The second-order valence-corrected chi connectivity index (χ2v) is 6.75. The Labute approximate surface area is 135 Å². The Balaban J connectivity index is 2.14. The molecule has 0 spiro atoms. The molecule has 6 heteroatoms. The number of fused-ring (bicyclic) bond motifs is 1. The van der Waals surface area contributed by atoms with Crippen molar-refractivity contribution in [2.45, 2.75) is 46.3 Å². The molecule has 1 N–H and O–H groups in total. The number of carbonyl (C=O) groups is 2. The van der Waals surface area contributed by atoms with Crippen molar-refractivity contribution in [1.82, 2.24) is 4.98 Å². The molecule has 0 fully saturated rings. The number of amides is 1. The third-order valence-electron chi connectivity index (χ3n) is 3.05. The number of esters is 1. The Bertz CT molecular complexity index is 644. The number of aromatic nitrogens is 1. The largest absolute Gasteiger partial charge is 0.476 e. The molecule has 1 aromatic heterocycles. The van der Waals surface area contributed by atoms with E-state index in [1.807, 2.05) is 34.6 Å². The van der Waals surface area contributed by atoms with Crippen LogP contribution in [0.15, 0.2) is 18.3 Å². The highest BCUT2D eigenvalue weighted by atomic mass is 16.6. The van der Waals surface area contributed by atoms with E-state index in [0.29, 0.717) is 17.1 Å². The molecular weight excluding hydrogens is 296 g/mol. The number of ether oxygens (including phenoxy) is 2. The molecule has 23 heavy (non-hydrogen) atoms. The topological polar surface area (TPSA) is 77.5 Å². The van der Waals surface area contributed by atoms with E-state index in [4.69, 9.17) is 9.47 Å². The second kappa shape index (κ2) is 6.40. The summed E-state index contributed by atoms with van der Waals surface area (Å²) in [5.41, 5.74) is 0.154. The molecule has 2 heterocycles. The zero-order chi connectivity index (χ0) is 17.2. The average Bonchev–Trinajstić information content (AvgIpc) is 2.42. The van der Waals surface area contributed by atoms with Gasteiger partial charge in [-0.05, 0) is 44.4 Å². The molecule has 6 nitrogen and oxygen atoms in total. The van der Waals surface area contributed by atoms with Gasteiger partial charge in [-0.1, -0.05) is 13.8 Å². The van der Waals surface area contributed by atoms with Crippen molar-refractivity contribution >= 4 is 23.8 Å². The van der Waals surface area contributed by atoms with E-state index >= 15 is 0 Å². The predicted octanol–water partition coefficient (Wildman–Crippen LogP) is 2.79. The number of hydrogen-bond acceptors (Lipinski definition) is 5. The molecule has 1 aliphatic rings. The van der Waals surface area contributed by atoms with Gasteiger partial charge in [-0.15, -0.1) is 0 Å². The van der Waals surface area contributed by atoms with E-state index in [-0.39, 0.29) is 11.8 Å². The molecule has 0 aromatic carbocycles. The normalized spacial score (nSPS) is 17.7. The standard InChI is InChI=1S/C17H22N2O4/c1-10(2)14-16(21)19-15-12(22-14)8-11(9-18-15)6-7-13(20)23-17(3,4)5/h6-10,14H,1-5H3,(H,18,19,21)/b7-6+. The molecule has 2 rings (SSSR count). The smallest absolute Gasteiger partial charge is 0.331 e. The van der Waals surface area contributed by atoms with Crippen LogP contribution >= 0.6 is 0 Å². The van der Waals surface area contributed by atoms with Crippen LogP contribution in [0.1, 0.15) is 40.2 Å². The Morgan fingerprint density at radius 1 is 1.43 bits per heavy atom. The van der Waals surface area contributed by atoms with Gasteiger partial charge in [-0.3, -0.25) is 4.79 Å². The highest BCUT2D eigenvalue weighted by Crippen LogP contribution is 2.30. The van der Waals surface area contributed by atoms with Crippen LogP contribution in [0.3, 0.4) is 0 Å². The van der Waals surface area contributed by atoms with Gasteiger partial charge in [0.2, 0.25) is 0 Å². The quantitative estimate of drug-likeness (QED) is 0.685. The van der Waals surface area contributed by atoms with Gasteiger partial charge in [0.1, 0.15) is 5.60 Å². The first-order chi connectivity index (χ1) is 10.7. The summed E-state index contributed by atoms with van der Waals surface area (Å²) >= 11 is 0. The summed E-state index contributed by atoms with van der Waals surface area (Å²) in [5.74, 6) is 0.307. The molecule has 1 aliphatic heterocycles. The highest BCUT2D eigenvalue weighted by molar-refractivity contribution is 5.97. The van der Waals surface area contributed by atoms with Gasteiger partial charge in [0.05, 0.1) is 0 Å². The van der Waals surface area contributed by atoms with Crippen LogP contribution in [-0.4, -0.2) is 28.6 Å². The van der Waals surface area contributed by atoms with Gasteiger partial charge in [0.15, 0.2) is 17.7 Å². The van der Waals surface area contributed by atoms with Crippen molar-refractivity contribution in [3.63, 3.8) is 0 Å². The van der Waals surface area contributed by atoms with E-state index in [2.05, 4.69) is 10.3 Å². The molecule has 0 aliphatic carbocycles. The van der Waals surface area contributed by atoms with Crippen LogP contribution in [0.4, 0.5) is 5.82 Å². The molecule has 1 atom stereocenters. The third kappa shape index (κ3) is 4.55. The molecule has 0 saturated carbocycles. The summed E-state index contributed by atoms with van der Waals surface area (Å²) in [6.45, 7) is 9.25. The minimum atomic E-state index is -0.547. The number of nitrogens with one attached hydrogen (secondary N) is 1. The van der Waals surface area contributed by atoms with Gasteiger partial charge < -0.3 is 14.8 Å². The van der Waals surface area contributed by atoms with Crippen molar-refractivity contribution in [3.05, 3.63) is 23.9 Å². The maximum Gasteiger partial charge on any atom is 0.331 e. The van der Waals surface area contributed by atoms with Gasteiger partial charge in [0.25, 0.3) is 5.91 Å². The van der Waals surface area contributed by atoms with Crippen LogP contribution in [0, 0.1) is 5.92 Å². The van der Waals surface area contributed by atoms with Crippen LogP contribution in [0.2, 0.25) is 0 Å². The minimum absolute atomic E-state index is 0.0455. The van der Waals surface area contributed by atoms with Crippen LogP contribution in [0.25, 0.3) is 6.08 Å². The molecule has 1 aromatic rings. The first kappa shape index (κ1) is 17.0. The number of pyridine rings is 1. The zero-order valence-corrected chi connectivity index (χ0v) is 14.0. The molecule has 0 saturated heterocycles. The molecular formula is C17H22N2O4. The fourth-order valence-electron chi connectivity index (χ4n) is 2.05. The summed E-state index contributed by atoms with van der Waals surface area (Å²) in [4.78, 5) is 27.7. The SMILES string of the molecule is CC(C)C1Oc2cc(/C=C/C(=O)OC(C)(C)C)cnc2NC1=O. The second-order valence-electron chi connectivity index (χ2n) is 6.75. The van der Waals surface area contributed by atoms with Crippen molar-refractivity contribution < 1.29 is 19.1 Å². The van der Waals surface area contributed by atoms with Gasteiger partial charge in [-0.25, -0.2) is 9.78 Å². The van der Waals surface area contributed by atoms with Crippen molar-refractivity contribution in [2.24, 2.45) is 5.92 Å². The summed E-state index contributed by atoms with van der Waals surface area (Å²) in [6, 6.07) is 1.73. The van der Waals surface area contributed by atoms with E-state index in [1.165, 1.54) is 6.08 Å². The number of hydrogen-bond donors (Lipinski definition) is 1. The summed E-state index contributed by atoms with van der Waals surface area (Å²) in [6.07, 6.45) is 3.95. The lowest BCUT2D eigenvalue weighted by atomic mass is 10.1. The Morgan fingerprint density at radius 3 is 2.74 bits per heavy atom. The molecule has 1 unspecified atom stereocenters. The lowest BCUT2D eigenvalue weighted by Gasteiger charge is -2.27. The van der Waals surface area contributed by atoms with Crippen LogP contribution < -0.4 is 10.1 Å². The van der Waals surface area contributed by atoms with Crippen molar-refractivity contribution in [3.8, 4) is 5.75 Å². The fourth-order valence-corrected chi connectivity index (χ4v) is 2.05. The maximum atomic E-state index is 11.9. The summed E-state index contributed by atoms with van der Waals surface area (Å²) in [7, 11) is 0. The number of anilines is 1. The van der Waals surface area contributed by atoms with E-state index in [0.717, 1.165) is 0 Å². The lowest BCUT2D eigenvalue weighted by molar-refractivity contribution is -0.148. The molecule has 124 valence electrons. The first-order valence-electron chi connectivity index (χ1n) is 7.54. The van der Waals surface area contributed by atoms with Gasteiger partial charge >= 0.3 is 5.97 Å². The average molecular weight is 318 g/mol. The third-order valence-corrected chi connectivity index (χ3v) is 3.05. The minimum Gasteiger partial charge on any atom is -0.476 e. The maximum absolute atomic E-state index is 11.9. The lowest BCUT2D eigenvalue weighted by Crippen LogP contribution is -2.40. The van der Waals surface area contributed by atoms with Crippen molar-refractivity contribution in [2.75, 3.05) is 5.32 Å². The first-order valence-corrected chi connectivity index (χ1v) is 7.54. The molecule has 0 bridgehead atoms. The van der Waals surface area contributed by atoms with Crippen LogP contribution in [-0.2, 0) is 14.3 Å². The predicted molar refractivity (Wildman–Crippen MR) is 87.0 cm³/mol. The highest BCUT2D eigenvalue weighted by Gasteiger charge is 2.30. The van der Waals surface area contributed by atoms with Gasteiger partial charge in [0, 0.05) is 12.3 Å². The number of rotatable bonds is 3. The molecule has 0 radical (unpaired) electrons. The van der Waals surface area contributed by atoms with E-state index in [9.17, 15) is 9.59 Å². The van der Waals surface area contributed by atoms with E-state index < -0.39 is 17.7 Å². The van der Waals surface area contributed by atoms with Crippen LogP contribution in [0.5, 0.6) is 5.75 Å². The monoisotopic (exact) mass is 318 g/mol. The number of carbonyl (C=O) groups excluding carboxylic acids is 2. The molecule has 1 amide bonds. The van der Waals surface area contributed by atoms with Crippen molar-refractivity contribution in [1.29, 1.82) is 0 Å². The zero-order valence-electron chi connectivity index (χ0n) is 14.0. The fraction of sp³-hybridized carbons (Fsp3) is 0.471. The van der Waals surface area contributed by atoms with E-state index in [1.54, 1.807) is 18.3 Å².